The first kappa shape index (κ1) is 11.8. The van der Waals surface area contributed by atoms with Gasteiger partial charge < -0.3 is 0 Å². The molecular weight excluding hydrogens is 423 g/mol. The van der Waals surface area contributed by atoms with Gasteiger partial charge >= 0.3 is 0 Å². The molecule has 0 aliphatic rings. The minimum atomic E-state index is -2.45. The molecule has 1 aromatic heterocycles. The first-order valence-electron chi connectivity index (χ1n) is 3.25. The second kappa shape index (κ2) is 4.97. The summed E-state index contributed by atoms with van der Waals surface area (Å²) in [5, 5.41) is 0.477. The molecule has 0 spiro atoms. The van der Waals surface area contributed by atoms with E-state index in [1.54, 1.807) is 0 Å². The Balaban J connectivity index is 3.27. The lowest BCUT2D eigenvalue weighted by Gasteiger charge is -2.07. The van der Waals surface area contributed by atoms with E-state index in [9.17, 15) is 8.78 Å². The van der Waals surface area contributed by atoms with Crippen LogP contribution in [0.1, 0.15) is 17.7 Å². The van der Waals surface area contributed by atoms with Gasteiger partial charge in [-0.05, 0) is 44.6 Å². The Morgan fingerprint density at radius 3 is 2.62 bits per heavy atom. The molecule has 0 aliphatic heterocycles. The molecule has 0 atom stereocenters. The van der Waals surface area contributed by atoms with Crippen molar-refractivity contribution in [2.45, 2.75) is 11.8 Å². The number of hydrogen-bond acceptors (Lipinski definition) is 1. The third-order valence-corrected chi connectivity index (χ3v) is 3.57. The lowest BCUT2D eigenvalue weighted by atomic mass is 10.2. The van der Waals surface area contributed by atoms with Crippen LogP contribution >= 0.6 is 54.5 Å². The number of aromatic nitrogens is 1. The number of halogens is 5. The van der Waals surface area contributed by atoms with Gasteiger partial charge in [-0.2, -0.15) is 0 Å². The Morgan fingerprint density at radius 1 is 1.54 bits per heavy atom. The van der Waals surface area contributed by atoms with Crippen LogP contribution in [-0.4, -0.2) is 4.98 Å². The number of nitrogens with zero attached hydrogens (tertiary/aromatic N) is 1. The molecule has 1 heterocycles. The van der Waals surface area contributed by atoms with Crippen LogP contribution in [-0.2, 0) is 5.33 Å². The molecule has 13 heavy (non-hydrogen) atoms. The van der Waals surface area contributed by atoms with Crippen LogP contribution in [0.4, 0.5) is 8.78 Å². The maximum Gasteiger partial charge on any atom is 0.265 e. The normalized spacial score (nSPS) is 10.9. The van der Waals surface area contributed by atoms with E-state index in [2.05, 4.69) is 36.8 Å². The summed E-state index contributed by atoms with van der Waals surface area (Å²) in [4.78, 5) is 4.06. The van der Waals surface area contributed by atoms with Gasteiger partial charge in [0.2, 0.25) is 0 Å². The van der Waals surface area contributed by atoms with E-state index in [0.29, 0.717) is 19.2 Å². The second-order valence-electron chi connectivity index (χ2n) is 2.23. The molecule has 0 bridgehead atoms. The van der Waals surface area contributed by atoms with Crippen LogP contribution in [0.2, 0.25) is 0 Å². The van der Waals surface area contributed by atoms with Crippen molar-refractivity contribution < 1.29 is 8.78 Å². The van der Waals surface area contributed by atoms with Gasteiger partial charge in [0.25, 0.3) is 6.43 Å². The zero-order valence-electron chi connectivity index (χ0n) is 6.20. The highest BCUT2D eigenvalue weighted by Crippen LogP contribution is 2.29. The Labute approximate surface area is 105 Å². The van der Waals surface area contributed by atoms with Gasteiger partial charge in [-0.15, -0.1) is 0 Å². The molecule has 0 unspecified atom stereocenters. The highest BCUT2D eigenvalue weighted by molar-refractivity contribution is 14.1. The molecule has 1 rings (SSSR count). The molecule has 0 aliphatic carbocycles. The van der Waals surface area contributed by atoms with Crippen LogP contribution in [0.15, 0.2) is 10.7 Å². The third-order valence-electron chi connectivity index (χ3n) is 1.38. The van der Waals surface area contributed by atoms with Crippen LogP contribution in [0, 0.1) is 3.57 Å². The third kappa shape index (κ3) is 2.82. The molecule has 0 amide bonds. The Hall–Kier alpha value is 0.700. The highest BCUT2D eigenvalue weighted by Gasteiger charge is 2.16. The lowest BCUT2D eigenvalue weighted by Crippen LogP contribution is -1.98. The molecule has 0 N–H and O–H groups in total. The van der Waals surface area contributed by atoms with Gasteiger partial charge in [-0.1, -0.05) is 15.9 Å². The minimum Gasteiger partial charge on any atom is -0.244 e. The molecule has 0 radical (unpaired) electrons. The Morgan fingerprint density at radius 2 is 2.15 bits per heavy atom. The fourth-order valence-corrected chi connectivity index (χ4v) is 2.91. The molecule has 1 nitrogen and oxygen atoms in total. The maximum atomic E-state index is 12.5. The van der Waals surface area contributed by atoms with E-state index in [1.807, 2.05) is 22.6 Å². The summed E-state index contributed by atoms with van der Waals surface area (Å²) >= 11 is 8.16. The predicted octanol–water partition coefficient (Wildman–Crippen LogP) is 4.28. The van der Waals surface area contributed by atoms with Gasteiger partial charge in [0.1, 0.15) is 4.60 Å². The zero-order valence-corrected chi connectivity index (χ0v) is 11.5. The molecule has 72 valence electrons. The quantitative estimate of drug-likeness (QED) is 0.391. The van der Waals surface area contributed by atoms with Gasteiger partial charge in [0.05, 0.1) is 5.69 Å². The van der Waals surface area contributed by atoms with Crippen LogP contribution in [0.3, 0.4) is 0 Å². The van der Waals surface area contributed by atoms with Gasteiger partial charge in [-0.3, -0.25) is 0 Å². The topological polar surface area (TPSA) is 12.9 Å². The summed E-state index contributed by atoms with van der Waals surface area (Å²) in [5.41, 5.74) is 0.655. The van der Waals surface area contributed by atoms with Crippen LogP contribution in [0.25, 0.3) is 0 Å². The maximum absolute atomic E-state index is 12.5. The van der Waals surface area contributed by atoms with E-state index in [1.165, 1.54) is 6.07 Å². The lowest BCUT2D eigenvalue weighted by molar-refractivity contribution is 0.150. The molecule has 1 aromatic rings. The average Bonchev–Trinajstić information content (AvgIpc) is 2.08. The summed E-state index contributed by atoms with van der Waals surface area (Å²) in [6.07, 6.45) is -2.45. The van der Waals surface area contributed by atoms with Crippen molar-refractivity contribution in [3.8, 4) is 0 Å². The number of alkyl halides is 3. The van der Waals surface area contributed by atoms with Crippen LogP contribution in [0.5, 0.6) is 0 Å². The summed E-state index contributed by atoms with van der Waals surface area (Å²) in [5.74, 6) is 0. The predicted molar refractivity (Wildman–Crippen MR) is 62.2 cm³/mol. The van der Waals surface area contributed by atoms with Gasteiger partial charge in [0.15, 0.2) is 0 Å². The van der Waals surface area contributed by atoms with Gasteiger partial charge in [-0.25, -0.2) is 13.8 Å². The standard InChI is InChI=1S/C7H4Br2F2IN/c8-2-4-6(12)3(7(10)11)1-5(9)13-4/h1,7H,2H2. The van der Waals surface area contributed by atoms with Crippen molar-refractivity contribution in [2.75, 3.05) is 0 Å². The van der Waals surface area contributed by atoms with E-state index in [4.69, 9.17) is 0 Å². The van der Waals surface area contributed by atoms with Crippen molar-refractivity contribution in [3.05, 3.63) is 25.5 Å². The monoisotopic (exact) mass is 425 g/mol. The fraction of sp³-hybridized carbons (Fsp3) is 0.286. The SMILES string of the molecule is FC(F)c1cc(Br)nc(CBr)c1I. The molecule has 0 saturated heterocycles. The summed E-state index contributed by atoms with van der Waals surface area (Å²) in [7, 11) is 0. The Bertz CT molecular complexity index is 320. The smallest absolute Gasteiger partial charge is 0.244 e. The first-order valence-corrected chi connectivity index (χ1v) is 6.24. The number of hydrogen-bond donors (Lipinski definition) is 0. The molecule has 0 aromatic carbocycles. The summed E-state index contributed by atoms with van der Waals surface area (Å²) in [6, 6.07) is 1.35. The highest BCUT2D eigenvalue weighted by atomic mass is 127. The van der Waals surface area contributed by atoms with Crippen molar-refractivity contribution >= 4 is 54.5 Å². The van der Waals surface area contributed by atoms with Gasteiger partial charge in [0, 0.05) is 14.5 Å². The largest absolute Gasteiger partial charge is 0.265 e. The Kier molecular flexibility index (Phi) is 4.50. The van der Waals surface area contributed by atoms with E-state index in [-0.39, 0.29) is 5.56 Å². The fourth-order valence-electron chi connectivity index (χ4n) is 0.816. The van der Waals surface area contributed by atoms with E-state index >= 15 is 0 Å². The average molecular weight is 427 g/mol. The first-order chi connectivity index (χ1) is 6.06. The van der Waals surface area contributed by atoms with Crippen molar-refractivity contribution in [1.82, 2.24) is 4.98 Å². The van der Waals surface area contributed by atoms with Crippen LogP contribution < -0.4 is 0 Å². The molecule has 0 saturated carbocycles. The molecule has 6 heteroatoms. The van der Waals surface area contributed by atoms with Crippen molar-refractivity contribution in [3.63, 3.8) is 0 Å². The second-order valence-corrected chi connectivity index (χ2v) is 4.68. The zero-order chi connectivity index (χ0) is 10.0. The summed E-state index contributed by atoms with van der Waals surface area (Å²) < 4.78 is 25.9. The minimum absolute atomic E-state index is 0.0249. The molecular formula is C7H4Br2F2IN. The van der Waals surface area contributed by atoms with Crippen molar-refractivity contribution in [1.29, 1.82) is 0 Å². The van der Waals surface area contributed by atoms with E-state index in [0.717, 1.165) is 0 Å². The number of pyridine rings is 1. The van der Waals surface area contributed by atoms with E-state index < -0.39 is 6.43 Å². The van der Waals surface area contributed by atoms with Crippen molar-refractivity contribution in [2.24, 2.45) is 0 Å². The number of rotatable bonds is 2. The summed E-state index contributed by atoms with van der Waals surface area (Å²) in [6.45, 7) is 0. The molecule has 0 fully saturated rings.